The number of pyridine rings is 1. The van der Waals surface area contributed by atoms with Crippen molar-refractivity contribution in [2.24, 2.45) is 0 Å². The number of aromatic nitrogens is 1. The predicted molar refractivity (Wildman–Crippen MR) is 77.6 cm³/mol. The molecular formula is C14H21N5O. The van der Waals surface area contributed by atoms with Gasteiger partial charge in [0, 0.05) is 39.3 Å². The van der Waals surface area contributed by atoms with Crippen LogP contribution in [0.15, 0.2) is 18.2 Å². The molecule has 0 aliphatic carbocycles. The molecule has 1 unspecified atom stereocenters. The van der Waals surface area contributed by atoms with E-state index in [-0.39, 0.29) is 6.03 Å². The average Bonchev–Trinajstić information content (AvgIpc) is 2.81. The molecule has 3 heterocycles. The molecule has 0 saturated carbocycles. The summed E-state index contributed by atoms with van der Waals surface area (Å²) in [4.78, 5) is 20.5. The van der Waals surface area contributed by atoms with Gasteiger partial charge in [-0.3, -0.25) is 4.90 Å². The molecule has 0 spiro atoms. The summed E-state index contributed by atoms with van der Waals surface area (Å²) in [7, 11) is 0. The maximum Gasteiger partial charge on any atom is 0.317 e. The van der Waals surface area contributed by atoms with Crippen molar-refractivity contribution < 1.29 is 4.79 Å². The maximum atomic E-state index is 11.6. The lowest BCUT2D eigenvalue weighted by Gasteiger charge is -2.36. The van der Waals surface area contributed by atoms with Gasteiger partial charge in [-0.1, -0.05) is 6.07 Å². The van der Waals surface area contributed by atoms with Crippen LogP contribution in [0.25, 0.3) is 0 Å². The van der Waals surface area contributed by atoms with Gasteiger partial charge in [-0.2, -0.15) is 0 Å². The minimum Gasteiger partial charge on any atom is -0.370 e. The number of nitrogens with zero attached hydrogens (tertiary/aromatic N) is 3. The van der Waals surface area contributed by atoms with Gasteiger partial charge in [0.25, 0.3) is 0 Å². The lowest BCUT2D eigenvalue weighted by molar-refractivity contribution is 0.116. The number of anilines is 1. The molecule has 0 bridgehead atoms. The first-order chi connectivity index (χ1) is 9.76. The quantitative estimate of drug-likeness (QED) is 0.850. The SMILES string of the molecule is CCNc1cccc(CN2CCN3C(=O)NCC3C2)n1. The molecule has 2 N–H and O–H groups in total. The molecule has 2 amide bonds. The van der Waals surface area contributed by atoms with Crippen molar-refractivity contribution >= 4 is 11.8 Å². The zero-order chi connectivity index (χ0) is 13.9. The number of hydrogen-bond donors (Lipinski definition) is 2. The van der Waals surface area contributed by atoms with Gasteiger partial charge in [-0.05, 0) is 19.1 Å². The Morgan fingerprint density at radius 3 is 3.20 bits per heavy atom. The van der Waals surface area contributed by atoms with Crippen molar-refractivity contribution in [1.82, 2.24) is 20.1 Å². The van der Waals surface area contributed by atoms with Crippen LogP contribution in [0.3, 0.4) is 0 Å². The molecule has 2 saturated heterocycles. The Balaban J connectivity index is 1.61. The van der Waals surface area contributed by atoms with Gasteiger partial charge in [0.2, 0.25) is 0 Å². The van der Waals surface area contributed by atoms with Crippen LogP contribution in [0.5, 0.6) is 0 Å². The monoisotopic (exact) mass is 275 g/mol. The van der Waals surface area contributed by atoms with Crippen molar-refractivity contribution in [3.8, 4) is 0 Å². The summed E-state index contributed by atoms with van der Waals surface area (Å²) in [5, 5.41) is 6.14. The van der Waals surface area contributed by atoms with Gasteiger partial charge in [-0.25, -0.2) is 9.78 Å². The first kappa shape index (κ1) is 13.2. The molecule has 2 aliphatic heterocycles. The number of amides is 2. The third-order valence-corrected chi connectivity index (χ3v) is 3.87. The lowest BCUT2D eigenvalue weighted by Crippen LogP contribution is -2.51. The van der Waals surface area contributed by atoms with Crippen LogP contribution in [0.1, 0.15) is 12.6 Å². The molecule has 6 nitrogen and oxygen atoms in total. The van der Waals surface area contributed by atoms with E-state index >= 15 is 0 Å². The minimum atomic E-state index is 0.0851. The summed E-state index contributed by atoms with van der Waals surface area (Å²) < 4.78 is 0. The predicted octanol–water partition coefficient (Wildman–Crippen LogP) is 0.723. The highest BCUT2D eigenvalue weighted by Crippen LogP contribution is 2.16. The van der Waals surface area contributed by atoms with E-state index in [1.165, 1.54) is 0 Å². The standard InChI is InChI=1S/C14H21N5O/c1-2-15-13-5-3-4-11(17-13)9-18-6-7-19-12(10-18)8-16-14(19)20/h3-5,12H,2,6-10H2,1H3,(H,15,17)(H,16,20). The zero-order valence-electron chi connectivity index (χ0n) is 11.8. The normalized spacial score (nSPS) is 22.6. The van der Waals surface area contributed by atoms with E-state index in [2.05, 4.69) is 33.5 Å². The van der Waals surface area contributed by atoms with Crippen LogP contribution in [0, 0.1) is 0 Å². The van der Waals surface area contributed by atoms with Crippen molar-refractivity contribution in [1.29, 1.82) is 0 Å². The van der Waals surface area contributed by atoms with E-state index in [4.69, 9.17) is 0 Å². The molecule has 108 valence electrons. The Morgan fingerprint density at radius 2 is 2.35 bits per heavy atom. The number of hydrogen-bond acceptors (Lipinski definition) is 4. The summed E-state index contributed by atoms with van der Waals surface area (Å²) >= 11 is 0. The molecule has 2 fully saturated rings. The Bertz CT molecular complexity index is 492. The number of rotatable bonds is 4. The van der Waals surface area contributed by atoms with Crippen LogP contribution in [-0.4, -0.2) is 59.6 Å². The first-order valence-electron chi connectivity index (χ1n) is 7.23. The van der Waals surface area contributed by atoms with Gasteiger partial charge in [-0.15, -0.1) is 0 Å². The molecule has 1 aromatic rings. The third kappa shape index (κ3) is 2.70. The number of piperazine rings is 1. The summed E-state index contributed by atoms with van der Waals surface area (Å²) in [6, 6.07) is 6.49. The largest absolute Gasteiger partial charge is 0.370 e. The molecule has 0 radical (unpaired) electrons. The second kappa shape index (κ2) is 5.66. The fourth-order valence-corrected chi connectivity index (χ4v) is 2.89. The highest BCUT2D eigenvalue weighted by molar-refractivity contribution is 5.77. The highest BCUT2D eigenvalue weighted by atomic mass is 16.2. The second-order valence-electron chi connectivity index (χ2n) is 5.31. The van der Waals surface area contributed by atoms with Crippen molar-refractivity contribution in [2.75, 3.05) is 38.0 Å². The number of fused-ring (bicyclic) bond motifs is 1. The summed E-state index contributed by atoms with van der Waals surface area (Å²) in [6.07, 6.45) is 0. The maximum absolute atomic E-state index is 11.6. The molecule has 1 atom stereocenters. The molecule has 1 aromatic heterocycles. The van der Waals surface area contributed by atoms with Gasteiger partial charge in [0.1, 0.15) is 5.82 Å². The number of carbonyl (C=O) groups is 1. The van der Waals surface area contributed by atoms with Crippen molar-refractivity contribution in [3.05, 3.63) is 23.9 Å². The Labute approximate surface area is 119 Å². The van der Waals surface area contributed by atoms with E-state index in [1.807, 2.05) is 17.0 Å². The minimum absolute atomic E-state index is 0.0851. The summed E-state index contributed by atoms with van der Waals surface area (Å²) in [5.74, 6) is 0.932. The van der Waals surface area contributed by atoms with Crippen molar-refractivity contribution in [3.63, 3.8) is 0 Å². The van der Waals surface area contributed by atoms with Crippen LogP contribution in [0.2, 0.25) is 0 Å². The zero-order valence-corrected chi connectivity index (χ0v) is 11.8. The first-order valence-corrected chi connectivity index (χ1v) is 7.23. The van der Waals surface area contributed by atoms with Gasteiger partial charge < -0.3 is 15.5 Å². The highest BCUT2D eigenvalue weighted by Gasteiger charge is 2.35. The smallest absolute Gasteiger partial charge is 0.317 e. The van der Waals surface area contributed by atoms with Gasteiger partial charge >= 0.3 is 6.03 Å². The fourth-order valence-electron chi connectivity index (χ4n) is 2.89. The molecule has 6 heteroatoms. The molecule has 20 heavy (non-hydrogen) atoms. The molecule has 3 rings (SSSR count). The van der Waals surface area contributed by atoms with E-state index in [0.29, 0.717) is 6.04 Å². The number of urea groups is 1. The van der Waals surface area contributed by atoms with Crippen LogP contribution < -0.4 is 10.6 Å². The number of carbonyl (C=O) groups excluding carboxylic acids is 1. The lowest BCUT2D eigenvalue weighted by atomic mass is 10.2. The summed E-state index contributed by atoms with van der Waals surface area (Å²) in [6.45, 7) is 7.20. The van der Waals surface area contributed by atoms with Gasteiger partial charge in [0.15, 0.2) is 0 Å². The van der Waals surface area contributed by atoms with Crippen LogP contribution in [-0.2, 0) is 6.54 Å². The fraction of sp³-hybridized carbons (Fsp3) is 0.571. The Kier molecular flexibility index (Phi) is 3.73. The molecule has 2 aliphatic rings. The van der Waals surface area contributed by atoms with E-state index < -0.39 is 0 Å². The van der Waals surface area contributed by atoms with Crippen molar-refractivity contribution in [2.45, 2.75) is 19.5 Å². The van der Waals surface area contributed by atoms with E-state index in [0.717, 1.165) is 50.8 Å². The topological polar surface area (TPSA) is 60.5 Å². The Morgan fingerprint density at radius 1 is 1.45 bits per heavy atom. The van der Waals surface area contributed by atoms with Crippen LogP contribution >= 0.6 is 0 Å². The van der Waals surface area contributed by atoms with E-state index in [9.17, 15) is 4.79 Å². The summed E-state index contributed by atoms with van der Waals surface area (Å²) in [5.41, 5.74) is 1.08. The third-order valence-electron chi connectivity index (χ3n) is 3.87. The molecule has 0 aromatic carbocycles. The Hall–Kier alpha value is -1.82. The second-order valence-corrected chi connectivity index (χ2v) is 5.31. The number of nitrogens with one attached hydrogen (secondary N) is 2. The van der Waals surface area contributed by atoms with E-state index in [1.54, 1.807) is 0 Å². The van der Waals surface area contributed by atoms with Crippen LogP contribution in [0.4, 0.5) is 10.6 Å². The van der Waals surface area contributed by atoms with Gasteiger partial charge in [0.05, 0.1) is 11.7 Å². The average molecular weight is 275 g/mol. The molecular weight excluding hydrogens is 254 g/mol.